The molecular formula is C9H18N2O. The minimum atomic E-state index is 0.672. The summed E-state index contributed by atoms with van der Waals surface area (Å²) in [7, 11) is 0. The van der Waals surface area contributed by atoms with Crippen LogP contribution in [0.2, 0.25) is 0 Å². The molecule has 0 bridgehead atoms. The van der Waals surface area contributed by atoms with E-state index in [9.17, 15) is 0 Å². The molecular weight excluding hydrogens is 152 g/mol. The van der Waals surface area contributed by atoms with Crippen LogP contribution in [0.3, 0.4) is 0 Å². The Bertz CT molecular complexity index is 147. The third-order valence-electron chi connectivity index (χ3n) is 2.97. The zero-order valence-electron chi connectivity index (χ0n) is 7.75. The lowest BCUT2D eigenvalue weighted by atomic mass is 10.1. The van der Waals surface area contributed by atoms with Gasteiger partial charge in [-0.15, -0.1) is 0 Å². The Morgan fingerprint density at radius 2 is 2.33 bits per heavy atom. The van der Waals surface area contributed by atoms with Crippen LogP contribution < -0.4 is 5.32 Å². The average Bonchev–Trinajstić information content (AvgIpc) is 2.02. The van der Waals surface area contributed by atoms with E-state index < -0.39 is 0 Å². The molecule has 2 fully saturated rings. The van der Waals surface area contributed by atoms with Crippen molar-refractivity contribution in [1.29, 1.82) is 0 Å². The van der Waals surface area contributed by atoms with Gasteiger partial charge in [-0.3, -0.25) is 4.90 Å². The first-order chi connectivity index (χ1) is 5.92. The van der Waals surface area contributed by atoms with Gasteiger partial charge in [0.1, 0.15) is 0 Å². The zero-order valence-corrected chi connectivity index (χ0v) is 7.75. The van der Waals surface area contributed by atoms with Crippen LogP contribution in [0, 0.1) is 0 Å². The highest BCUT2D eigenvalue weighted by atomic mass is 16.5. The van der Waals surface area contributed by atoms with Crippen LogP contribution in [0.25, 0.3) is 0 Å². The number of hydrogen-bond donors (Lipinski definition) is 1. The molecule has 3 heteroatoms. The maximum absolute atomic E-state index is 5.46. The van der Waals surface area contributed by atoms with Gasteiger partial charge in [-0.1, -0.05) is 6.92 Å². The van der Waals surface area contributed by atoms with Crippen LogP contribution in [0.1, 0.15) is 13.3 Å². The number of morpholine rings is 1. The van der Waals surface area contributed by atoms with Crippen LogP contribution in [-0.4, -0.2) is 49.8 Å². The van der Waals surface area contributed by atoms with E-state index in [0.717, 1.165) is 25.8 Å². The monoisotopic (exact) mass is 170 g/mol. The Morgan fingerprint density at radius 1 is 1.50 bits per heavy atom. The third kappa shape index (κ3) is 1.49. The summed E-state index contributed by atoms with van der Waals surface area (Å²) >= 11 is 0. The number of hydrogen-bond acceptors (Lipinski definition) is 3. The van der Waals surface area contributed by atoms with Crippen molar-refractivity contribution in [2.45, 2.75) is 25.4 Å². The van der Waals surface area contributed by atoms with Gasteiger partial charge in [0.2, 0.25) is 0 Å². The molecule has 1 unspecified atom stereocenters. The first kappa shape index (κ1) is 8.48. The quantitative estimate of drug-likeness (QED) is 0.634. The smallest absolute Gasteiger partial charge is 0.0622 e. The summed E-state index contributed by atoms with van der Waals surface area (Å²) in [6.45, 7) is 7.59. The van der Waals surface area contributed by atoms with E-state index in [-0.39, 0.29) is 0 Å². The molecule has 3 nitrogen and oxygen atoms in total. The van der Waals surface area contributed by atoms with Crippen molar-refractivity contribution in [3.05, 3.63) is 0 Å². The summed E-state index contributed by atoms with van der Waals surface area (Å²) in [5.41, 5.74) is 0. The molecule has 0 amide bonds. The number of nitrogens with one attached hydrogen (secondary N) is 1. The van der Waals surface area contributed by atoms with Crippen LogP contribution in [0.5, 0.6) is 0 Å². The zero-order chi connectivity index (χ0) is 8.39. The fraction of sp³-hybridized carbons (Fsp3) is 1.00. The molecule has 1 atom stereocenters. The molecule has 0 saturated carbocycles. The lowest BCUT2D eigenvalue weighted by Crippen LogP contribution is -2.62. The molecule has 2 aliphatic heterocycles. The predicted octanol–water partition coefficient (Wildman–Crippen LogP) is 0.0690. The van der Waals surface area contributed by atoms with Crippen molar-refractivity contribution in [3.63, 3.8) is 0 Å². The van der Waals surface area contributed by atoms with Gasteiger partial charge in [-0.25, -0.2) is 0 Å². The van der Waals surface area contributed by atoms with Crippen molar-refractivity contribution in [3.8, 4) is 0 Å². The van der Waals surface area contributed by atoms with Crippen LogP contribution in [0.15, 0.2) is 0 Å². The van der Waals surface area contributed by atoms with Crippen molar-refractivity contribution >= 4 is 0 Å². The van der Waals surface area contributed by atoms with E-state index in [1.165, 1.54) is 19.5 Å². The predicted molar refractivity (Wildman–Crippen MR) is 48.3 cm³/mol. The summed E-state index contributed by atoms with van der Waals surface area (Å²) in [6.07, 6.45) is 1.22. The lowest BCUT2D eigenvalue weighted by molar-refractivity contribution is -0.0401. The average molecular weight is 170 g/mol. The highest BCUT2D eigenvalue weighted by molar-refractivity contribution is 4.89. The van der Waals surface area contributed by atoms with Crippen LogP contribution in [0.4, 0.5) is 0 Å². The fourth-order valence-electron chi connectivity index (χ4n) is 2.01. The van der Waals surface area contributed by atoms with Crippen LogP contribution in [-0.2, 0) is 4.74 Å². The summed E-state index contributed by atoms with van der Waals surface area (Å²) in [4.78, 5) is 2.61. The molecule has 2 aliphatic rings. The lowest BCUT2D eigenvalue weighted by Gasteiger charge is -2.44. The summed E-state index contributed by atoms with van der Waals surface area (Å²) < 4.78 is 5.46. The minimum Gasteiger partial charge on any atom is -0.378 e. The number of rotatable bonds is 2. The minimum absolute atomic E-state index is 0.672. The molecule has 12 heavy (non-hydrogen) atoms. The SMILES string of the molecule is CCC1COCCN1C1CNC1. The van der Waals surface area contributed by atoms with Crippen molar-refractivity contribution in [1.82, 2.24) is 10.2 Å². The van der Waals surface area contributed by atoms with E-state index in [4.69, 9.17) is 4.74 Å². The molecule has 1 N–H and O–H groups in total. The molecule has 2 saturated heterocycles. The van der Waals surface area contributed by atoms with Crippen molar-refractivity contribution in [2.24, 2.45) is 0 Å². The molecule has 0 spiro atoms. The van der Waals surface area contributed by atoms with Gasteiger partial charge >= 0.3 is 0 Å². The molecule has 70 valence electrons. The summed E-state index contributed by atoms with van der Waals surface area (Å²) in [5, 5.41) is 3.32. The van der Waals surface area contributed by atoms with Crippen molar-refractivity contribution in [2.75, 3.05) is 32.8 Å². The number of nitrogens with zero attached hydrogens (tertiary/aromatic N) is 1. The standard InChI is InChI=1S/C9H18N2O/c1-2-8-7-12-4-3-11(8)9-5-10-6-9/h8-10H,2-7H2,1H3. The molecule has 2 rings (SSSR count). The third-order valence-corrected chi connectivity index (χ3v) is 2.97. The molecule has 0 aliphatic carbocycles. The van der Waals surface area contributed by atoms with Crippen LogP contribution >= 0.6 is 0 Å². The molecule has 0 radical (unpaired) electrons. The van der Waals surface area contributed by atoms with Gasteiger partial charge in [0, 0.05) is 31.7 Å². The molecule has 0 aromatic heterocycles. The first-order valence-electron chi connectivity index (χ1n) is 4.96. The Morgan fingerprint density at radius 3 is 2.92 bits per heavy atom. The van der Waals surface area contributed by atoms with Gasteiger partial charge in [-0.2, -0.15) is 0 Å². The highest BCUT2D eigenvalue weighted by Gasteiger charge is 2.31. The van der Waals surface area contributed by atoms with E-state index in [0.29, 0.717) is 6.04 Å². The normalized spacial score (nSPS) is 33.2. The second-order valence-corrected chi connectivity index (χ2v) is 3.69. The topological polar surface area (TPSA) is 24.5 Å². The first-order valence-corrected chi connectivity index (χ1v) is 4.96. The Hall–Kier alpha value is -0.120. The Kier molecular flexibility index (Phi) is 2.63. The van der Waals surface area contributed by atoms with Gasteiger partial charge in [0.05, 0.1) is 13.2 Å². The van der Waals surface area contributed by atoms with Gasteiger partial charge in [-0.05, 0) is 6.42 Å². The second-order valence-electron chi connectivity index (χ2n) is 3.69. The van der Waals surface area contributed by atoms with Gasteiger partial charge < -0.3 is 10.1 Å². The Labute approximate surface area is 74.1 Å². The molecule has 0 aromatic carbocycles. The molecule has 2 heterocycles. The fourth-order valence-corrected chi connectivity index (χ4v) is 2.01. The van der Waals surface area contributed by atoms with E-state index in [1.54, 1.807) is 0 Å². The highest BCUT2D eigenvalue weighted by Crippen LogP contribution is 2.15. The van der Waals surface area contributed by atoms with E-state index in [1.807, 2.05) is 0 Å². The largest absolute Gasteiger partial charge is 0.378 e. The van der Waals surface area contributed by atoms with E-state index in [2.05, 4.69) is 17.1 Å². The van der Waals surface area contributed by atoms with E-state index >= 15 is 0 Å². The number of ether oxygens (including phenoxy) is 1. The maximum Gasteiger partial charge on any atom is 0.0622 e. The summed E-state index contributed by atoms with van der Waals surface area (Å²) in [6, 6.07) is 1.46. The maximum atomic E-state index is 5.46. The molecule has 0 aromatic rings. The summed E-state index contributed by atoms with van der Waals surface area (Å²) in [5.74, 6) is 0. The van der Waals surface area contributed by atoms with Gasteiger partial charge in [0.15, 0.2) is 0 Å². The second kappa shape index (κ2) is 3.73. The Balaban J connectivity index is 1.90. The van der Waals surface area contributed by atoms with Crippen molar-refractivity contribution < 1.29 is 4.74 Å². The van der Waals surface area contributed by atoms with Gasteiger partial charge in [0.25, 0.3) is 0 Å².